The van der Waals surface area contributed by atoms with Gasteiger partial charge in [0.2, 0.25) is 5.91 Å². The number of aryl methyl sites for hydroxylation is 1. The molecule has 9 heteroatoms. The number of amides is 2. The van der Waals surface area contributed by atoms with E-state index in [1.807, 2.05) is 6.92 Å². The van der Waals surface area contributed by atoms with Crippen LogP contribution in [0.25, 0.3) is 0 Å². The van der Waals surface area contributed by atoms with Gasteiger partial charge >= 0.3 is 0 Å². The molecule has 1 saturated heterocycles. The second kappa shape index (κ2) is 7.39. The molecular formula is C16H20N6O3. The van der Waals surface area contributed by atoms with Crippen molar-refractivity contribution < 1.29 is 14.7 Å². The van der Waals surface area contributed by atoms with Crippen molar-refractivity contribution in [2.45, 2.75) is 32.0 Å². The summed E-state index contributed by atoms with van der Waals surface area (Å²) in [6, 6.07) is -0.423. The summed E-state index contributed by atoms with van der Waals surface area (Å²) in [4.78, 5) is 38.0. The predicted molar refractivity (Wildman–Crippen MR) is 87.5 cm³/mol. The van der Waals surface area contributed by atoms with Crippen LogP contribution in [-0.4, -0.2) is 66.6 Å². The van der Waals surface area contributed by atoms with Crippen molar-refractivity contribution in [3.63, 3.8) is 0 Å². The number of piperidine rings is 1. The van der Waals surface area contributed by atoms with Gasteiger partial charge in [-0.15, -0.1) is 0 Å². The molecule has 0 unspecified atom stereocenters. The third kappa shape index (κ3) is 4.00. The summed E-state index contributed by atoms with van der Waals surface area (Å²) >= 11 is 0. The lowest BCUT2D eigenvalue weighted by molar-refractivity contribution is -0.135. The summed E-state index contributed by atoms with van der Waals surface area (Å²) < 4.78 is 1.76. The first-order chi connectivity index (χ1) is 12.0. The van der Waals surface area contributed by atoms with Crippen LogP contribution in [0.3, 0.4) is 0 Å². The summed E-state index contributed by atoms with van der Waals surface area (Å²) in [5, 5.41) is 13.1. The lowest BCUT2D eigenvalue weighted by Crippen LogP contribution is -2.55. The smallest absolute Gasteiger partial charge is 0.271 e. The van der Waals surface area contributed by atoms with E-state index in [1.165, 1.54) is 18.6 Å². The maximum atomic E-state index is 12.4. The average Bonchev–Trinajstić information content (AvgIpc) is 3.02. The number of rotatable bonds is 4. The van der Waals surface area contributed by atoms with Crippen molar-refractivity contribution in [3.8, 4) is 0 Å². The third-order valence-electron chi connectivity index (χ3n) is 4.28. The molecule has 1 aliphatic heterocycles. The number of aliphatic hydroxyl groups excluding tert-OH is 1. The third-order valence-corrected chi connectivity index (χ3v) is 4.28. The molecular weight excluding hydrogens is 324 g/mol. The van der Waals surface area contributed by atoms with Crippen LogP contribution in [0.4, 0.5) is 0 Å². The van der Waals surface area contributed by atoms with Crippen LogP contribution in [0.1, 0.15) is 22.7 Å². The molecule has 2 aromatic heterocycles. The van der Waals surface area contributed by atoms with E-state index < -0.39 is 12.1 Å². The van der Waals surface area contributed by atoms with Gasteiger partial charge in [0.25, 0.3) is 5.91 Å². The first kappa shape index (κ1) is 17.0. The molecule has 0 radical (unpaired) electrons. The van der Waals surface area contributed by atoms with E-state index in [0.29, 0.717) is 13.0 Å². The van der Waals surface area contributed by atoms with Gasteiger partial charge in [0.05, 0.1) is 18.3 Å². The number of likely N-dealkylation sites (tertiary alicyclic amines) is 1. The molecule has 25 heavy (non-hydrogen) atoms. The number of carbonyl (C=O) groups is 2. The average molecular weight is 344 g/mol. The molecule has 0 spiro atoms. The van der Waals surface area contributed by atoms with Crippen LogP contribution in [-0.2, 0) is 11.3 Å². The van der Waals surface area contributed by atoms with E-state index in [9.17, 15) is 14.7 Å². The van der Waals surface area contributed by atoms with Crippen molar-refractivity contribution >= 4 is 11.8 Å². The standard InChI is InChI=1S/C16H20N6O3/c1-11-18-5-7-21(11)10-15(24)22-6-2-12(14(23)9-22)20-16(25)13-8-17-3-4-19-13/h3-5,7-8,12,14,23H,2,6,9-10H2,1H3,(H,20,25)/t12-,14-/m1/s1. The highest BCUT2D eigenvalue weighted by atomic mass is 16.3. The number of carbonyl (C=O) groups excluding carboxylic acids is 2. The van der Waals surface area contributed by atoms with E-state index in [4.69, 9.17) is 0 Å². The van der Waals surface area contributed by atoms with Crippen molar-refractivity contribution in [2.75, 3.05) is 13.1 Å². The van der Waals surface area contributed by atoms with Gasteiger partial charge in [0, 0.05) is 37.9 Å². The molecule has 1 aliphatic rings. The second-order valence-electron chi connectivity index (χ2n) is 5.97. The van der Waals surface area contributed by atoms with Crippen molar-refractivity contribution in [3.05, 3.63) is 42.5 Å². The molecule has 3 heterocycles. The summed E-state index contributed by atoms with van der Waals surface area (Å²) in [6.45, 7) is 2.67. The minimum Gasteiger partial charge on any atom is -0.389 e. The molecule has 2 amide bonds. The molecule has 132 valence electrons. The fourth-order valence-electron chi connectivity index (χ4n) is 2.80. The van der Waals surface area contributed by atoms with Crippen LogP contribution < -0.4 is 5.32 Å². The highest BCUT2D eigenvalue weighted by molar-refractivity contribution is 5.92. The fraction of sp³-hybridized carbons (Fsp3) is 0.438. The molecule has 2 N–H and O–H groups in total. The number of aliphatic hydroxyl groups is 1. The van der Waals surface area contributed by atoms with Crippen LogP contribution >= 0.6 is 0 Å². The van der Waals surface area contributed by atoms with Crippen LogP contribution in [0.15, 0.2) is 31.0 Å². The lowest BCUT2D eigenvalue weighted by atomic mass is 10.0. The first-order valence-electron chi connectivity index (χ1n) is 8.05. The zero-order valence-corrected chi connectivity index (χ0v) is 13.9. The summed E-state index contributed by atoms with van der Waals surface area (Å²) in [5.41, 5.74) is 0.198. The Morgan fingerprint density at radius 1 is 1.32 bits per heavy atom. The highest BCUT2D eigenvalue weighted by Gasteiger charge is 2.31. The number of aromatic nitrogens is 4. The molecule has 2 atom stereocenters. The van der Waals surface area contributed by atoms with Crippen molar-refractivity contribution in [2.24, 2.45) is 0 Å². The minimum atomic E-state index is -0.831. The van der Waals surface area contributed by atoms with Crippen molar-refractivity contribution in [1.82, 2.24) is 29.7 Å². The first-order valence-corrected chi connectivity index (χ1v) is 8.05. The van der Waals surface area contributed by atoms with E-state index in [-0.39, 0.29) is 30.6 Å². The van der Waals surface area contributed by atoms with Gasteiger partial charge in [-0.1, -0.05) is 0 Å². The van der Waals surface area contributed by atoms with Gasteiger partial charge in [0.1, 0.15) is 18.1 Å². The zero-order chi connectivity index (χ0) is 17.8. The maximum Gasteiger partial charge on any atom is 0.271 e. The zero-order valence-electron chi connectivity index (χ0n) is 13.9. The Morgan fingerprint density at radius 2 is 2.16 bits per heavy atom. The summed E-state index contributed by atoms with van der Waals surface area (Å²) in [5.74, 6) is 0.296. The number of β-amino-alcohol motifs (C(OH)–C–C–N with tert-alkyl or cyclic N) is 1. The van der Waals surface area contributed by atoms with E-state index in [1.54, 1.807) is 21.9 Å². The number of nitrogens with one attached hydrogen (secondary N) is 1. The SMILES string of the molecule is Cc1nccn1CC(=O)N1CC[C@@H](NC(=O)c2cnccn2)[C@H](O)C1. The van der Waals surface area contributed by atoms with Gasteiger partial charge in [-0.05, 0) is 13.3 Å². The Morgan fingerprint density at radius 3 is 2.80 bits per heavy atom. The van der Waals surface area contributed by atoms with Gasteiger partial charge in [-0.25, -0.2) is 9.97 Å². The summed E-state index contributed by atoms with van der Waals surface area (Å²) in [6.07, 6.45) is 7.32. The topological polar surface area (TPSA) is 113 Å². The van der Waals surface area contributed by atoms with Crippen LogP contribution in [0.5, 0.6) is 0 Å². The highest BCUT2D eigenvalue weighted by Crippen LogP contribution is 2.13. The molecule has 0 aliphatic carbocycles. The normalized spacial score (nSPS) is 20.3. The molecule has 3 rings (SSSR count). The molecule has 0 aromatic carbocycles. The fourth-order valence-corrected chi connectivity index (χ4v) is 2.80. The van der Waals surface area contributed by atoms with Gasteiger partial charge in [-0.3, -0.25) is 14.6 Å². The number of hydrogen-bond acceptors (Lipinski definition) is 6. The van der Waals surface area contributed by atoms with Gasteiger partial charge in [0.15, 0.2) is 0 Å². The van der Waals surface area contributed by atoms with E-state index >= 15 is 0 Å². The monoisotopic (exact) mass is 344 g/mol. The molecule has 1 fully saturated rings. The lowest BCUT2D eigenvalue weighted by Gasteiger charge is -2.36. The number of imidazole rings is 1. The largest absolute Gasteiger partial charge is 0.389 e. The van der Waals surface area contributed by atoms with Crippen LogP contribution in [0.2, 0.25) is 0 Å². The van der Waals surface area contributed by atoms with E-state index in [2.05, 4.69) is 20.3 Å². The van der Waals surface area contributed by atoms with Crippen LogP contribution in [0, 0.1) is 6.92 Å². The Bertz CT molecular complexity index is 747. The second-order valence-corrected chi connectivity index (χ2v) is 5.97. The Labute approximate surface area is 144 Å². The summed E-state index contributed by atoms with van der Waals surface area (Å²) in [7, 11) is 0. The maximum absolute atomic E-state index is 12.4. The number of nitrogens with zero attached hydrogens (tertiary/aromatic N) is 5. The number of hydrogen-bond donors (Lipinski definition) is 2. The predicted octanol–water partition coefficient (Wildman–Crippen LogP) is -0.627. The molecule has 9 nitrogen and oxygen atoms in total. The van der Waals surface area contributed by atoms with E-state index in [0.717, 1.165) is 5.82 Å². The van der Waals surface area contributed by atoms with Gasteiger partial charge < -0.3 is 19.9 Å². The Kier molecular flexibility index (Phi) is 5.03. The molecule has 0 saturated carbocycles. The van der Waals surface area contributed by atoms with Gasteiger partial charge in [-0.2, -0.15) is 0 Å². The molecule has 2 aromatic rings. The quantitative estimate of drug-likeness (QED) is 0.764. The van der Waals surface area contributed by atoms with Crippen molar-refractivity contribution in [1.29, 1.82) is 0 Å². The minimum absolute atomic E-state index is 0.0844. The Hall–Kier alpha value is -2.81. The molecule has 0 bridgehead atoms. The Balaban J connectivity index is 1.54.